The molecule has 0 radical (unpaired) electrons. The Morgan fingerprint density at radius 1 is 0.938 bits per heavy atom. The molecule has 1 heterocycles. The fourth-order valence-electron chi connectivity index (χ4n) is 3.51. The van der Waals surface area contributed by atoms with Crippen molar-refractivity contribution in [1.29, 1.82) is 0 Å². The highest BCUT2D eigenvalue weighted by atomic mass is 16.5. The normalized spacial score (nSPS) is 11.6. The number of nitrogens with zero attached hydrogens (tertiary/aromatic N) is 2. The number of carbonyl (C=O) groups excluding carboxylic acids is 1. The van der Waals surface area contributed by atoms with Gasteiger partial charge in [-0.05, 0) is 42.3 Å². The summed E-state index contributed by atoms with van der Waals surface area (Å²) in [6.45, 7) is 2.55. The molecule has 1 amide bonds. The predicted molar refractivity (Wildman–Crippen MR) is 123 cm³/mol. The Hall–Kier alpha value is -4.06. The monoisotopic (exact) mass is 427 g/mol. The molecule has 0 aliphatic heterocycles. The first kappa shape index (κ1) is 21.2. The van der Waals surface area contributed by atoms with Gasteiger partial charge in [0.25, 0.3) is 5.91 Å². The van der Waals surface area contributed by atoms with Crippen molar-refractivity contribution in [3.8, 4) is 17.2 Å². The minimum Gasteiger partial charge on any atom is -0.494 e. The van der Waals surface area contributed by atoms with E-state index in [2.05, 4.69) is 10.4 Å². The maximum atomic E-state index is 13.3. The van der Waals surface area contributed by atoms with Gasteiger partial charge in [-0.25, -0.2) is 4.68 Å². The molecule has 1 unspecified atom stereocenters. The first-order chi connectivity index (χ1) is 15.7. The number of hydrogen-bond donors (Lipinski definition) is 1. The van der Waals surface area contributed by atoms with E-state index < -0.39 is 0 Å². The number of methoxy groups -OCH3 is 1. The van der Waals surface area contributed by atoms with E-state index in [0.29, 0.717) is 12.4 Å². The van der Waals surface area contributed by atoms with Crippen molar-refractivity contribution in [3.63, 3.8) is 0 Å². The molecular weight excluding hydrogens is 402 g/mol. The number of para-hydroxylation sites is 1. The molecule has 1 atom stereocenters. The first-order valence-electron chi connectivity index (χ1n) is 10.5. The van der Waals surface area contributed by atoms with Crippen LogP contribution in [0.2, 0.25) is 0 Å². The van der Waals surface area contributed by atoms with Crippen LogP contribution in [0.4, 0.5) is 0 Å². The lowest BCUT2D eigenvalue weighted by atomic mass is 9.98. The van der Waals surface area contributed by atoms with E-state index in [0.717, 1.165) is 22.6 Å². The third-order valence-electron chi connectivity index (χ3n) is 5.07. The zero-order valence-electron chi connectivity index (χ0n) is 18.1. The molecule has 4 aromatic rings. The van der Waals surface area contributed by atoms with Crippen LogP contribution in [0, 0.1) is 0 Å². The van der Waals surface area contributed by atoms with E-state index in [1.807, 2.05) is 91.9 Å². The second-order valence-electron chi connectivity index (χ2n) is 7.15. The summed E-state index contributed by atoms with van der Waals surface area (Å²) in [5, 5.41) is 7.61. The number of nitrogens with one attached hydrogen (secondary N) is 1. The minimum atomic E-state index is -0.356. The lowest BCUT2D eigenvalue weighted by molar-refractivity contribution is 0.0934. The second-order valence-corrected chi connectivity index (χ2v) is 7.15. The summed E-state index contributed by atoms with van der Waals surface area (Å²) < 4.78 is 12.6. The average molecular weight is 428 g/mol. The topological polar surface area (TPSA) is 65.4 Å². The summed E-state index contributed by atoms with van der Waals surface area (Å²) >= 11 is 0. The third-order valence-corrected chi connectivity index (χ3v) is 5.07. The van der Waals surface area contributed by atoms with Gasteiger partial charge in [0.05, 0.1) is 31.6 Å². The molecule has 0 aliphatic rings. The molecule has 6 nitrogen and oxygen atoms in total. The van der Waals surface area contributed by atoms with Crippen molar-refractivity contribution in [2.75, 3.05) is 13.7 Å². The van der Waals surface area contributed by atoms with Gasteiger partial charge in [-0.2, -0.15) is 5.10 Å². The van der Waals surface area contributed by atoms with Gasteiger partial charge < -0.3 is 14.8 Å². The van der Waals surface area contributed by atoms with E-state index in [1.165, 1.54) is 7.11 Å². The molecule has 0 saturated heterocycles. The first-order valence-corrected chi connectivity index (χ1v) is 10.5. The SMILES string of the molecule is CCOc1ccc(C(NC(=O)c2nn(-c3ccccc3)cc2OC)c2ccccc2)cc1. The van der Waals surface area contributed by atoms with Gasteiger partial charge in [0.2, 0.25) is 0 Å². The van der Waals surface area contributed by atoms with E-state index in [9.17, 15) is 4.79 Å². The fourth-order valence-corrected chi connectivity index (χ4v) is 3.51. The molecule has 162 valence electrons. The molecule has 4 rings (SSSR count). The van der Waals surface area contributed by atoms with Crippen LogP contribution in [-0.2, 0) is 0 Å². The van der Waals surface area contributed by atoms with Crippen molar-refractivity contribution in [2.45, 2.75) is 13.0 Å². The van der Waals surface area contributed by atoms with Crippen molar-refractivity contribution in [3.05, 3.63) is 108 Å². The van der Waals surface area contributed by atoms with E-state index in [4.69, 9.17) is 9.47 Å². The highest BCUT2D eigenvalue weighted by Crippen LogP contribution is 2.26. The number of hydrogen-bond acceptors (Lipinski definition) is 4. The Bertz CT molecular complexity index is 1160. The molecule has 0 aliphatic carbocycles. The Balaban J connectivity index is 1.65. The summed E-state index contributed by atoms with van der Waals surface area (Å²) in [6, 6.07) is 26.8. The molecule has 0 fully saturated rings. The van der Waals surface area contributed by atoms with Crippen molar-refractivity contribution < 1.29 is 14.3 Å². The van der Waals surface area contributed by atoms with Gasteiger partial charge in [-0.15, -0.1) is 0 Å². The Labute approximate surface area is 187 Å². The molecule has 3 aromatic carbocycles. The lowest BCUT2D eigenvalue weighted by Gasteiger charge is -2.20. The third kappa shape index (κ3) is 4.64. The van der Waals surface area contributed by atoms with Crippen LogP contribution in [0.1, 0.15) is 34.6 Å². The molecule has 32 heavy (non-hydrogen) atoms. The van der Waals surface area contributed by atoms with Crippen LogP contribution in [0.15, 0.2) is 91.1 Å². The Morgan fingerprint density at radius 2 is 1.56 bits per heavy atom. The standard InChI is InChI=1S/C26H25N3O3/c1-3-32-22-16-14-20(15-17-22)24(19-10-6-4-7-11-19)27-26(30)25-23(31-2)18-29(28-25)21-12-8-5-9-13-21/h4-18,24H,3H2,1-2H3,(H,27,30). The highest BCUT2D eigenvalue weighted by Gasteiger charge is 2.23. The zero-order valence-corrected chi connectivity index (χ0v) is 18.1. The summed E-state index contributed by atoms with van der Waals surface area (Å²) in [5.41, 5.74) is 2.97. The van der Waals surface area contributed by atoms with E-state index in [-0.39, 0.29) is 17.6 Å². The van der Waals surface area contributed by atoms with Crippen LogP contribution < -0.4 is 14.8 Å². The highest BCUT2D eigenvalue weighted by molar-refractivity contribution is 5.95. The summed E-state index contributed by atoms with van der Waals surface area (Å²) in [6.07, 6.45) is 1.71. The Morgan fingerprint density at radius 3 is 2.19 bits per heavy atom. The maximum Gasteiger partial charge on any atom is 0.276 e. The quantitative estimate of drug-likeness (QED) is 0.439. The number of carbonyl (C=O) groups is 1. The molecule has 0 saturated carbocycles. The zero-order chi connectivity index (χ0) is 22.3. The van der Waals surface area contributed by atoms with Gasteiger partial charge in [0, 0.05) is 0 Å². The number of ether oxygens (including phenoxy) is 2. The van der Waals surface area contributed by atoms with Gasteiger partial charge in [0.1, 0.15) is 5.75 Å². The average Bonchev–Trinajstić information content (AvgIpc) is 3.29. The van der Waals surface area contributed by atoms with Gasteiger partial charge in [0.15, 0.2) is 11.4 Å². The molecule has 0 spiro atoms. The molecular formula is C26H25N3O3. The van der Waals surface area contributed by atoms with Crippen molar-refractivity contribution >= 4 is 5.91 Å². The summed E-state index contributed by atoms with van der Waals surface area (Å²) in [4.78, 5) is 13.3. The van der Waals surface area contributed by atoms with Crippen molar-refractivity contribution in [1.82, 2.24) is 15.1 Å². The van der Waals surface area contributed by atoms with Crippen LogP contribution >= 0.6 is 0 Å². The summed E-state index contributed by atoms with van der Waals surface area (Å²) in [5.74, 6) is 0.877. The van der Waals surface area contributed by atoms with Crippen LogP contribution in [0.5, 0.6) is 11.5 Å². The molecule has 1 N–H and O–H groups in total. The maximum absolute atomic E-state index is 13.3. The number of rotatable bonds is 8. The fraction of sp³-hybridized carbons (Fsp3) is 0.154. The van der Waals surface area contributed by atoms with Crippen LogP contribution in [0.25, 0.3) is 5.69 Å². The lowest BCUT2D eigenvalue weighted by Crippen LogP contribution is -2.30. The van der Waals surface area contributed by atoms with Gasteiger partial charge in [-0.1, -0.05) is 60.7 Å². The number of amides is 1. The van der Waals surface area contributed by atoms with Crippen LogP contribution in [0.3, 0.4) is 0 Å². The van der Waals surface area contributed by atoms with E-state index >= 15 is 0 Å². The molecule has 0 bridgehead atoms. The summed E-state index contributed by atoms with van der Waals surface area (Å²) in [7, 11) is 1.53. The largest absolute Gasteiger partial charge is 0.494 e. The Kier molecular flexibility index (Phi) is 6.51. The van der Waals surface area contributed by atoms with Crippen molar-refractivity contribution in [2.24, 2.45) is 0 Å². The molecule has 6 heteroatoms. The van der Waals surface area contributed by atoms with Gasteiger partial charge in [-0.3, -0.25) is 4.79 Å². The van der Waals surface area contributed by atoms with Crippen LogP contribution in [-0.4, -0.2) is 29.4 Å². The molecule has 1 aromatic heterocycles. The minimum absolute atomic E-state index is 0.225. The second kappa shape index (κ2) is 9.83. The number of benzene rings is 3. The predicted octanol–water partition coefficient (Wildman–Crippen LogP) is 4.80. The number of aromatic nitrogens is 2. The van der Waals surface area contributed by atoms with Gasteiger partial charge >= 0.3 is 0 Å². The smallest absolute Gasteiger partial charge is 0.276 e. The van der Waals surface area contributed by atoms with E-state index in [1.54, 1.807) is 10.9 Å².